The third-order valence-electron chi connectivity index (χ3n) is 4.22. The third kappa shape index (κ3) is 2.47. The van der Waals surface area contributed by atoms with E-state index in [1.807, 2.05) is 11.3 Å². The summed E-state index contributed by atoms with van der Waals surface area (Å²) in [4.78, 5) is 2.89. The molecule has 19 heavy (non-hydrogen) atoms. The highest BCUT2D eigenvalue weighted by molar-refractivity contribution is 7.12. The Hall–Kier alpha value is -1.12. The van der Waals surface area contributed by atoms with E-state index in [1.54, 1.807) is 0 Å². The van der Waals surface area contributed by atoms with Gasteiger partial charge in [0.1, 0.15) is 0 Å². The Morgan fingerprint density at radius 1 is 1.21 bits per heavy atom. The summed E-state index contributed by atoms with van der Waals surface area (Å²) in [5, 5.41) is 3.54. The Kier molecular flexibility index (Phi) is 3.46. The van der Waals surface area contributed by atoms with Gasteiger partial charge < -0.3 is 5.32 Å². The summed E-state index contributed by atoms with van der Waals surface area (Å²) in [6.45, 7) is 4.45. The molecule has 100 valence electrons. The summed E-state index contributed by atoms with van der Waals surface area (Å²) in [7, 11) is 2.09. The van der Waals surface area contributed by atoms with Crippen LogP contribution in [0.5, 0.6) is 0 Å². The van der Waals surface area contributed by atoms with Crippen molar-refractivity contribution < 1.29 is 0 Å². The van der Waals surface area contributed by atoms with Crippen LogP contribution in [0.2, 0.25) is 0 Å². The summed E-state index contributed by atoms with van der Waals surface area (Å²) >= 11 is 1.92. The van der Waals surface area contributed by atoms with Crippen LogP contribution in [-0.2, 0) is 0 Å². The molecule has 0 aliphatic heterocycles. The zero-order chi connectivity index (χ0) is 13.4. The van der Waals surface area contributed by atoms with Crippen molar-refractivity contribution in [3.05, 3.63) is 57.3 Å². The first-order valence-electron chi connectivity index (χ1n) is 7.00. The predicted octanol–water partition coefficient (Wildman–Crippen LogP) is 4.43. The molecule has 0 amide bonds. The molecule has 1 aliphatic carbocycles. The molecule has 3 rings (SSSR count). The number of rotatable bonds is 4. The number of benzene rings is 1. The lowest BCUT2D eigenvalue weighted by Crippen LogP contribution is -2.19. The normalized spacial score (nSPS) is 23.3. The molecule has 3 atom stereocenters. The zero-order valence-electron chi connectivity index (χ0n) is 11.8. The minimum absolute atomic E-state index is 0.509. The van der Waals surface area contributed by atoms with Crippen LogP contribution < -0.4 is 5.32 Å². The minimum atomic E-state index is 0.509. The number of hydrogen-bond donors (Lipinski definition) is 1. The van der Waals surface area contributed by atoms with Gasteiger partial charge in [0.15, 0.2) is 0 Å². The molecule has 3 unspecified atom stereocenters. The van der Waals surface area contributed by atoms with Gasteiger partial charge in [-0.1, -0.05) is 30.3 Å². The van der Waals surface area contributed by atoms with Gasteiger partial charge in [-0.15, -0.1) is 11.3 Å². The fourth-order valence-electron chi connectivity index (χ4n) is 3.23. The molecule has 0 bridgehead atoms. The summed E-state index contributed by atoms with van der Waals surface area (Å²) in [6.07, 6.45) is 1.31. The predicted molar refractivity (Wildman–Crippen MR) is 82.9 cm³/mol. The Bertz CT molecular complexity index is 558. The van der Waals surface area contributed by atoms with Crippen LogP contribution >= 0.6 is 11.3 Å². The van der Waals surface area contributed by atoms with Crippen LogP contribution in [0.3, 0.4) is 0 Å². The van der Waals surface area contributed by atoms with Crippen molar-refractivity contribution in [2.45, 2.75) is 32.2 Å². The van der Waals surface area contributed by atoms with Gasteiger partial charge in [0, 0.05) is 15.8 Å². The summed E-state index contributed by atoms with van der Waals surface area (Å²) in [6, 6.07) is 13.8. The maximum absolute atomic E-state index is 3.54. The lowest BCUT2D eigenvalue weighted by Gasteiger charge is -2.16. The fraction of sp³-hybridized carbons (Fsp3) is 0.412. The van der Waals surface area contributed by atoms with Crippen LogP contribution in [0.25, 0.3) is 0 Å². The Morgan fingerprint density at radius 3 is 2.53 bits per heavy atom. The lowest BCUT2D eigenvalue weighted by atomic mass is 9.99. The quantitative estimate of drug-likeness (QED) is 0.867. The van der Waals surface area contributed by atoms with E-state index in [2.05, 4.69) is 62.6 Å². The van der Waals surface area contributed by atoms with Gasteiger partial charge in [-0.25, -0.2) is 0 Å². The second kappa shape index (κ2) is 5.10. The smallest absolute Gasteiger partial charge is 0.0363 e. The maximum atomic E-state index is 3.54. The van der Waals surface area contributed by atoms with Crippen molar-refractivity contribution >= 4 is 11.3 Å². The van der Waals surface area contributed by atoms with E-state index in [0.29, 0.717) is 6.04 Å². The van der Waals surface area contributed by atoms with Gasteiger partial charge in [0.05, 0.1) is 0 Å². The molecule has 0 saturated heterocycles. The van der Waals surface area contributed by atoms with Crippen LogP contribution in [0, 0.1) is 19.8 Å². The molecular weight excluding hydrogens is 250 g/mol. The number of thiophene rings is 1. The highest BCUT2D eigenvalue weighted by Gasteiger charge is 2.44. The topological polar surface area (TPSA) is 12.0 Å². The van der Waals surface area contributed by atoms with Gasteiger partial charge in [-0.05, 0) is 56.3 Å². The summed E-state index contributed by atoms with van der Waals surface area (Å²) in [5.74, 6) is 1.48. The molecule has 1 aliphatic rings. The SMILES string of the molecule is CNC(c1cc(C)sc1C)C1CC1c1ccccc1. The molecule has 1 aromatic heterocycles. The molecule has 0 radical (unpaired) electrons. The lowest BCUT2D eigenvalue weighted by molar-refractivity contribution is 0.517. The van der Waals surface area contributed by atoms with E-state index < -0.39 is 0 Å². The van der Waals surface area contributed by atoms with E-state index in [9.17, 15) is 0 Å². The highest BCUT2D eigenvalue weighted by Crippen LogP contribution is 2.54. The molecule has 1 nitrogen and oxygen atoms in total. The molecule has 1 saturated carbocycles. The van der Waals surface area contributed by atoms with Crippen molar-refractivity contribution in [1.82, 2.24) is 5.32 Å². The van der Waals surface area contributed by atoms with Crippen molar-refractivity contribution in [1.29, 1.82) is 0 Å². The second-order valence-electron chi connectivity index (χ2n) is 5.55. The number of aryl methyl sites for hydroxylation is 2. The van der Waals surface area contributed by atoms with Gasteiger partial charge in [-0.2, -0.15) is 0 Å². The van der Waals surface area contributed by atoms with Gasteiger partial charge in [0.25, 0.3) is 0 Å². The van der Waals surface area contributed by atoms with Crippen LogP contribution in [-0.4, -0.2) is 7.05 Å². The fourth-order valence-corrected chi connectivity index (χ4v) is 4.20. The molecule has 1 N–H and O–H groups in total. The van der Waals surface area contributed by atoms with Gasteiger partial charge in [0.2, 0.25) is 0 Å². The van der Waals surface area contributed by atoms with Gasteiger partial charge >= 0.3 is 0 Å². The molecular formula is C17H21NS. The Morgan fingerprint density at radius 2 is 1.95 bits per heavy atom. The van der Waals surface area contributed by atoms with Crippen molar-refractivity contribution in [2.75, 3.05) is 7.05 Å². The Labute approximate surface area is 119 Å². The number of nitrogens with one attached hydrogen (secondary N) is 1. The zero-order valence-corrected chi connectivity index (χ0v) is 12.6. The molecule has 1 heterocycles. The van der Waals surface area contributed by atoms with Crippen molar-refractivity contribution in [3.63, 3.8) is 0 Å². The maximum Gasteiger partial charge on any atom is 0.0363 e. The van der Waals surface area contributed by atoms with Crippen LogP contribution in [0.1, 0.15) is 39.3 Å². The van der Waals surface area contributed by atoms with E-state index in [0.717, 1.165) is 11.8 Å². The minimum Gasteiger partial charge on any atom is -0.313 e. The van der Waals surface area contributed by atoms with Crippen LogP contribution in [0.15, 0.2) is 36.4 Å². The first kappa shape index (κ1) is 12.9. The summed E-state index contributed by atoms with van der Waals surface area (Å²) in [5.41, 5.74) is 3.01. The first-order chi connectivity index (χ1) is 9.20. The monoisotopic (exact) mass is 271 g/mol. The standard InChI is InChI=1S/C17H21NS/c1-11-9-14(12(2)19-11)17(18-3)16-10-15(16)13-7-5-4-6-8-13/h4-9,15-18H,10H2,1-3H3. The molecule has 2 aromatic rings. The molecule has 2 heteroatoms. The van der Waals surface area contributed by atoms with E-state index >= 15 is 0 Å². The first-order valence-corrected chi connectivity index (χ1v) is 7.81. The van der Waals surface area contributed by atoms with E-state index in [-0.39, 0.29) is 0 Å². The molecule has 1 aromatic carbocycles. The molecule has 0 spiro atoms. The van der Waals surface area contributed by atoms with E-state index in [1.165, 1.54) is 27.3 Å². The average Bonchev–Trinajstić information content (AvgIpc) is 3.12. The third-order valence-corrected chi connectivity index (χ3v) is 5.20. The van der Waals surface area contributed by atoms with Gasteiger partial charge in [-0.3, -0.25) is 0 Å². The van der Waals surface area contributed by atoms with Crippen molar-refractivity contribution in [2.24, 2.45) is 5.92 Å². The largest absolute Gasteiger partial charge is 0.313 e. The molecule has 1 fully saturated rings. The highest BCUT2D eigenvalue weighted by atomic mass is 32.1. The van der Waals surface area contributed by atoms with Crippen LogP contribution in [0.4, 0.5) is 0 Å². The van der Waals surface area contributed by atoms with E-state index in [4.69, 9.17) is 0 Å². The summed E-state index contributed by atoms with van der Waals surface area (Å²) < 4.78 is 0. The average molecular weight is 271 g/mol. The second-order valence-corrected chi connectivity index (χ2v) is 7.01. The number of hydrogen-bond acceptors (Lipinski definition) is 2. The Balaban J connectivity index is 1.81. The van der Waals surface area contributed by atoms with Crippen molar-refractivity contribution in [3.8, 4) is 0 Å².